The van der Waals surface area contributed by atoms with Gasteiger partial charge in [0.05, 0.1) is 0 Å². The predicted octanol–water partition coefficient (Wildman–Crippen LogP) is 1.90. The Morgan fingerprint density at radius 1 is 1.24 bits per heavy atom. The van der Waals surface area contributed by atoms with Crippen LogP contribution in [0, 0.1) is 23.7 Å². The van der Waals surface area contributed by atoms with E-state index in [1.54, 1.807) is 0 Å². The molecule has 2 rings (SSSR count). The lowest BCUT2D eigenvalue weighted by molar-refractivity contribution is -0.135. The van der Waals surface area contributed by atoms with Crippen molar-refractivity contribution in [1.29, 1.82) is 0 Å². The van der Waals surface area contributed by atoms with Crippen LogP contribution in [0.2, 0.25) is 0 Å². The summed E-state index contributed by atoms with van der Waals surface area (Å²) in [5.41, 5.74) is 5.74. The van der Waals surface area contributed by atoms with Crippen molar-refractivity contribution in [3.63, 3.8) is 0 Å². The van der Waals surface area contributed by atoms with Crippen molar-refractivity contribution in [3.8, 4) is 0 Å². The Morgan fingerprint density at radius 3 is 2.35 bits per heavy atom. The van der Waals surface area contributed by atoms with E-state index in [1.165, 1.54) is 6.42 Å². The Kier molecular flexibility index (Phi) is 5.26. The second-order valence-electron chi connectivity index (χ2n) is 5.73. The predicted molar refractivity (Wildman–Crippen MR) is 72.0 cm³/mol. The standard InChI is InChI=1S/C13H24N2O.ClH/c1-9-7-15(8-10(9)2)13(16)12-5-3-4-11(12)6-14;/h9-12H,3-8,14H2,1-2H3;1H/t9?,10?,11-,12-;/m1./s1. The summed E-state index contributed by atoms with van der Waals surface area (Å²) in [5.74, 6) is 2.36. The molecular weight excluding hydrogens is 236 g/mol. The zero-order valence-corrected chi connectivity index (χ0v) is 11.7. The second-order valence-corrected chi connectivity index (χ2v) is 5.73. The first-order valence-electron chi connectivity index (χ1n) is 6.62. The van der Waals surface area contributed by atoms with Gasteiger partial charge in [0.25, 0.3) is 0 Å². The third kappa shape index (κ3) is 2.94. The summed E-state index contributed by atoms with van der Waals surface area (Å²) in [4.78, 5) is 14.5. The maximum atomic E-state index is 12.4. The normalized spacial score (nSPS) is 37.0. The number of nitrogens with two attached hydrogens (primary N) is 1. The summed E-state index contributed by atoms with van der Waals surface area (Å²) in [5, 5.41) is 0. The molecule has 0 bridgehead atoms. The van der Waals surface area contributed by atoms with Crippen molar-refractivity contribution in [3.05, 3.63) is 0 Å². The van der Waals surface area contributed by atoms with Gasteiger partial charge in [-0.1, -0.05) is 20.3 Å². The van der Waals surface area contributed by atoms with E-state index < -0.39 is 0 Å². The van der Waals surface area contributed by atoms with Gasteiger partial charge in [-0.05, 0) is 37.1 Å². The second kappa shape index (κ2) is 6.05. The van der Waals surface area contributed by atoms with E-state index in [2.05, 4.69) is 18.7 Å². The van der Waals surface area contributed by atoms with Crippen molar-refractivity contribution in [2.45, 2.75) is 33.1 Å². The van der Waals surface area contributed by atoms with Crippen LogP contribution in [-0.4, -0.2) is 30.4 Å². The number of hydrogen-bond donors (Lipinski definition) is 1. The first kappa shape index (κ1) is 14.8. The first-order chi connectivity index (χ1) is 7.63. The summed E-state index contributed by atoms with van der Waals surface area (Å²) in [7, 11) is 0. The first-order valence-corrected chi connectivity index (χ1v) is 6.62. The van der Waals surface area contributed by atoms with E-state index in [0.29, 0.717) is 30.2 Å². The molecule has 0 aromatic carbocycles. The van der Waals surface area contributed by atoms with Crippen LogP contribution in [0.4, 0.5) is 0 Å². The van der Waals surface area contributed by atoms with Crippen molar-refractivity contribution in [2.75, 3.05) is 19.6 Å². The zero-order chi connectivity index (χ0) is 11.7. The maximum Gasteiger partial charge on any atom is 0.226 e. The lowest BCUT2D eigenvalue weighted by Gasteiger charge is -2.24. The molecule has 0 spiro atoms. The van der Waals surface area contributed by atoms with E-state index in [-0.39, 0.29) is 18.3 Å². The van der Waals surface area contributed by atoms with E-state index in [4.69, 9.17) is 5.73 Å². The summed E-state index contributed by atoms with van der Waals surface area (Å²) >= 11 is 0. The summed E-state index contributed by atoms with van der Waals surface area (Å²) in [6, 6.07) is 0. The van der Waals surface area contributed by atoms with Crippen LogP contribution in [-0.2, 0) is 4.79 Å². The number of likely N-dealkylation sites (tertiary alicyclic amines) is 1. The van der Waals surface area contributed by atoms with Gasteiger partial charge in [0.15, 0.2) is 0 Å². The average Bonchev–Trinajstić information content (AvgIpc) is 2.85. The molecule has 1 aliphatic heterocycles. The fourth-order valence-corrected chi connectivity index (χ4v) is 3.19. The smallest absolute Gasteiger partial charge is 0.226 e. The monoisotopic (exact) mass is 260 g/mol. The highest BCUT2D eigenvalue weighted by Crippen LogP contribution is 2.34. The molecule has 0 aromatic rings. The molecule has 1 saturated heterocycles. The Morgan fingerprint density at radius 2 is 1.82 bits per heavy atom. The number of hydrogen-bond acceptors (Lipinski definition) is 2. The summed E-state index contributed by atoms with van der Waals surface area (Å²) in [6.07, 6.45) is 3.38. The Labute approximate surface area is 111 Å². The van der Waals surface area contributed by atoms with Crippen LogP contribution < -0.4 is 5.73 Å². The van der Waals surface area contributed by atoms with Crippen LogP contribution in [0.3, 0.4) is 0 Å². The molecule has 1 aliphatic carbocycles. The minimum atomic E-state index is 0. The molecule has 4 heteroatoms. The van der Waals surface area contributed by atoms with Gasteiger partial charge in [-0.15, -0.1) is 12.4 Å². The maximum absolute atomic E-state index is 12.4. The lowest BCUT2D eigenvalue weighted by Crippen LogP contribution is -2.37. The van der Waals surface area contributed by atoms with Crippen LogP contribution in [0.25, 0.3) is 0 Å². The van der Waals surface area contributed by atoms with Crippen LogP contribution in [0.5, 0.6) is 0 Å². The molecule has 0 aromatic heterocycles. The molecule has 0 radical (unpaired) electrons. The van der Waals surface area contributed by atoms with Crippen molar-refractivity contribution in [2.24, 2.45) is 29.4 Å². The molecule has 2 N–H and O–H groups in total. The SMILES string of the molecule is CC1CN(C(=O)[C@@H]2CCC[C@@H]2CN)CC1C.Cl. The molecular formula is C13H25ClN2O. The highest BCUT2D eigenvalue weighted by Gasteiger charge is 2.38. The highest BCUT2D eigenvalue weighted by molar-refractivity contribution is 5.85. The topological polar surface area (TPSA) is 46.3 Å². The van der Waals surface area contributed by atoms with Gasteiger partial charge in [-0.3, -0.25) is 4.79 Å². The number of carbonyl (C=O) groups excluding carboxylic acids is 1. The van der Waals surface area contributed by atoms with Gasteiger partial charge in [0.1, 0.15) is 0 Å². The Bertz CT molecular complexity index is 262. The number of halogens is 1. The van der Waals surface area contributed by atoms with E-state index in [1.807, 2.05) is 0 Å². The third-order valence-electron chi connectivity index (χ3n) is 4.58. The molecule has 3 nitrogen and oxygen atoms in total. The minimum Gasteiger partial charge on any atom is -0.342 e. The van der Waals surface area contributed by atoms with E-state index >= 15 is 0 Å². The number of amides is 1. The van der Waals surface area contributed by atoms with E-state index in [9.17, 15) is 4.79 Å². The molecule has 1 saturated carbocycles. The highest BCUT2D eigenvalue weighted by atomic mass is 35.5. The quantitative estimate of drug-likeness (QED) is 0.824. The van der Waals surface area contributed by atoms with Crippen LogP contribution >= 0.6 is 12.4 Å². The summed E-state index contributed by atoms with van der Waals surface area (Å²) in [6.45, 7) is 7.07. The molecule has 17 heavy (non-hydrogen) atoms. The van der Waals surface area contributed by atoms with Crippen molar-refractivity contribution < 1.29 is 4.79 Å². The van der Waals surface area contributed by atoms with Crippen molar-refractivity contribution >= 4 is 18.3 Å². The fourth-order valence-electron chi connectivity index (χ4n) is 3.19. The average molecular weight is 261 g/mol. The number of carbonyl (C=O) groups is 1. The Hall–Kier alpha value is -0.280. The molecule has 2 aliphatic rings. The van der Waals surface area contributed by atoms with Crippen LogP contribution in [0.1, 0.15) is 33.1 Å². The zero-order valence-electron chi connectivity index (χ0n) is 10.9. The lowest BCUT2D eigenvalue weighted by atomic mass is 9.95. The number of nitrogens with zero attached hydrogens (tertiary/aromatic N) is 1. The molecule has 2 unspecified atom stereocenters. The van der Waals surface area contributed by atoms with Gasteiger partial charge in [-0.25, -0.2) is 0 Å². The molecule has 100 valence electrons. The number of rotatable bonds is 2. The van der Waals surface area contributed by atoms with Crippen molar-refractivity contribution in [1.82, 2.24) is 4.90 Å². The summed E-state index contributed by atoms with van der Waals surface area (Å²) < 4.78 is 0. The molecule has 2 fully saturated rings. The fraction of sp³-hybridized carbons (Fsp3) is 0.923. The third-order valence-corrected chi connectivity index (χ3v) is 4.58. The van der Waals surface area contributed by atoms with E-state index in [0.717, 1.165) is 25.9 Å². The van der Waals surface area contributed by atoms with Crippen LogP contribution in [0.15, 0.2) is 0 Å². The largest absolute Gasteiger partial charge is 0.342 e. The Balaban J connectivity index is 0.00000144. The van der Waals surface area contributed by atoms with Gasteiger partial charge >= 0.3 is 0 Å². The van der Waals surface area contributed by atoms with Gasteiger partial charge in [0.2, 0.25) is 5.91 Å². The molecule has 4 atom stereocenters. The molecule has 1 amide bonds. The minimum absolute atomic E-state index is 0. The molecule has 1 heterocycles. The van der Waals surface area contributed by atoms with Gasteiger partial charge < -0.3 is 10.6 Å². The van der Waals surface area contributed by atoms with Gasteiger partial charge in [0, 0.05) is 19.0 Å². The van der Waals surface area contributed by atoms with Gasteiger partial charge in [-0.2, -0.15) is 0 Å².